The first-order valence-electron chi connectivity index (χ1n) is 17.0. The number of aryl methyl sites for hydroxylation is 2. The van der Waals surface area contributed by atoms with Crippen molar-refractivity contribution in [2.24, 2.45) is 0 Å². The molecule has 0 aromatic carbocycles. The number of rotatable bonds is 8. The molecule has 3 aromatic heterocycles. The molecule has 3 aliphatic rings. The van der Waals surface area contributed by atoms with Crippen molar-refractivity contribution in [3.05, 3.63) is 92.1 Å². The second-order valence-electron chi connectivity index (χ2n) is 13.4. The van der Waals surface area contributed by atoms with Crippen molar-refractivity contribution < 1.29 is 29.3 Å². The molecule has 10 heteroatoms. The summed E-state index contributed by atoms with van der Waals surface area (Å²) in [6.45, 7) is 16.2. The maximum atomic E-state index is 13.4. The van der Waals surface area contributed by atoms with Gasteiger partial charge in [-0.1, -0.05) is 32.1 Å². The van der Waals surface area contributed by atoms with Gasteiger partial charge >= 0.3 is 11.9 Å². The Balaban J connectivity index is 1.71. The first-order valence-corrected chi connectivity index (χ1v) is 17.0. The van der Waals surface area contributed by atoms with E-state index in [1.54, 1.807) is 6.08 Å². The molecular formula is C40H44N4O6. The fourth-order valence-corrected chi connectivity index (χ4v) is 7.46. The number of esters is 2. The minimum atomic E-state index is -1.13. The van der Waals surface area contributed by atoms with Gasteiger partial charge < -0.3 is 29.7 Å². The summed E-state index contributed by atoms with van der Waals surface area (Å²) in [5.74, 6) is -2.79. The Kier molecular flexibility index (Phi) is 9.31. The summed E-state index contributed by atoms with van der Waals surface area (Å²) in [5, 5.41) is 23.4. The first-order chi connectivity index (χ1) is 23.9. The van der Waals surface area contributed by atoms with Crippen LogP contribution in [0.3, 0.4) is 0 Å². The molecule has 4 N–H and O–H groups in total. The molecule has 0 fully saturated rings. The fraction of sp³-hybridized carbons (Fsp3) is 0.350. The van der Waals surface area contributed by atoms with Crippen LogP contribution < -0.4 is 10.6 Å². The summed E-state index contributed by atoms with van der Waals surface area (Å²) in [5.41, 5.74) is 10.5. The van der Waals surface area contributed by atoms with Crippen molar-refractivity contribution in [3.8, 4) is 0 Å². The number of nitrogens with zero attached hydrogens (tertiary/aromatic N) is 2. The van der Waals surface area contributed by atoms with E-state index in [-0.39, 0.29) is 36.6 Å². The molecular weight excluding hydrogens is 632 g/mol. The molecule has 0 radical (unpaired) electrons. The van der Waals surface area contributed by atoms with Crippen molar-refractivity contribution in [1.29, 1.82) is 0 Å². The summed E-state index contributed by atoms with van der Waals surface area (Å²) < 4.78 is 10.7. The molecule has 260 valence electrons. The minimum Gasteiger partial charge on any atom is -0.515 e. The highest BCUT2D eigenvalue weighted by Crippen LogP contribution is 2.50. The van der Waals surface area contributed by atoms with E-state index in [4.69, 9.17) is 19.4 Å². The largest absolute Gasteiger partial charge is 0.515 e. The van der Waals surface area contributed by atoms with Crippen molar-refractivity contribution in [2.75, 3.05) is 13.7 Å². The lowest BCUT2D eigenvalue weighted by Crippen LogP contribution is -2.18. The molecule has 3 aromatic rings. The summed E-state index contributed by atoms with van der Waals surface area (Å²) in [6.07, 6.45) is 5.88. The topological polar surface area (TPSA) is 150 Å². The number of allylic oxidation sites excluding steroid dienone is 2. The predicted molar refractivity (Wildman–Crippen MR) is 196 cm³/mol. The molecule has 0 unspecified atom stereocenters. The zero-order valence-electron chi connectivity index (χ0n) is 29.7. The number of nitrogens with one attached hydrogen (secondary N) is 2. The smallest absolute Gasteiger partial charge is 0.321 e. The van der Waals surface area contributed by atoms with Crippen LogP contribution in [0, 0.1) is 6.92 Å². The maximum absolute atomic E-state index is 13.4. The molecule has 0 saturated heterocycles. The Labute approximate surface area is 290 Å². The molecule has 10 nitrogen and oxygen atoms in total. The van der Waals surface area contributed by atoms with Crippen LogP contribution in [-0.4, -0.2) is 55.8 Å². The molecule has 8 bridgehead atoms. The Bertz CT molecular complexity index is 2300. The second kappa shape index (κ2) is 13.5. The fourth-order valence-electron chi connectivity index (χ4n) is 7.46. The van der Waals surface area contributed by atoms with Gasteiger partial charge in [0, 0.05) is 62.4 Å². The third-order valence-corrected chi connectivity index (χ3v) is 10.2. The van der Waals surface area contributed by atoms with Gasteiger partial charge in [-0.05, 0) is 81.5 Å². The highest BCUT2D eigenvalue weighted by Gasteiger charge is 2.45. The van der Waals surface area contributed by atoms with Gasteiger partial charge in [-0.2, -0.15) is 0 Å². The van der Waals surface area contributed by atoms with E-state index in [2.05, 4.69) is 30.4 Å². The average molecular weight is 677 g/mol. The Morgan fingerprint density at radius 2 is 1.80 bits per heavy atom. The maximum Gasteiger partial charge on any atom is 0.321 e. The van der Waals surface area contributed by atoms with Gasteiger partial charge in [-0.15, -0.1) is 0 Å². The first kappa shape index (κ1) is 34.5. The normalized spacial score (nSPS) is 18.4. The molecule has 50 heavy (non-hydrogen) atoms. The number of hydrogen-bond donors (Lipinski definition) is 4. The number of H-pyrrole nitrogens is 2. The number of hydrogen-bond acceptors (Lipinski definition) is 8. The highest BCUT2D eigenvalue weighted by molar-refractivity contribution is 6.06. The van der Waals surface area contributed by atoms with E-state index in [0.29, 0.717) is 50.7 Å². The Morgan fingerprint density at radius 3 is 2.46 bits per heavy atom. The van der Waals surface area contributed by atoms with Crippen molar-refractivity contribution in [3.63, 3.8) is 0 Å². The number of aromatic nitrogens is 4. The van der Waals surface area contributed by atoms with Gasteiger partial charge in [-0.25, -0.2) is 4.98 Å². The lowest BCUT2D eigenvalue weighted by molar-refractivity contribution is -0.143. The molecule has 3 atom stereocenters. The Morgan fingerprint density at radius 1 is 1.06 bits per heavy atom. The van der Waals surface area contributed by atoms with E-state index in [9.17, 15) is 19.8 Å². The van der Waals surface area contributed by atoms with E-state index in [1.807, 2.05) is 52.0 Å². The van der Waals surface area contributed by atoms with E-state index in [0.717, 1.165) is 57.1 Å². The highest BCUT2D eigenvalue weighted by atomic mass is 16.5. The van der Waals surface area contributed by atoms with E-state index < -0.39 is 11.9 Å². The monoisotopic (exact) mass is 676 g/mol. The predicted octanol–water partition coefficient (Wildman–Crippen LogP) is 6.71. The number of ether oxygens (including phenoxy) is 2. The number of aromatic amines is 2. The summed E-state index contributed by atoms with van der Waals surface area (Å²) in [7, 11) is 1.29. The molecule has 2 aliphatic heterocycles. The molecule has 6 rings (SSSR count). The zero-order valence-corrected chi connectivity index (χ0v) is 29.7. The number of aliphatic hydroxyl groups is 2. The van der Waals surface area contributed by atoms with Crippen LogP contribution in [-0.2, 0) is 25.5 Å². The Hall–Kier alpha value is -5.38. The van der Waals surface area contributed by atoms with Gasteiger partial charge in [0.1, 0.15) is 18.3 Å². The van der Waals surface area contributed by atoms with Crippen molar-refractivity contribution in [1.82, 2.24) is 19.9 Å². The quantitative estimate of drug-likeness (QED) is 0.152. The lowest BCUT2D eigenvalue weighted by Gasteiger charge is -2.19. The summed E-state index contributed by atoms with van der Waals surface area (Å²) in [4.78, 5) is 43.6. The van der Waals surface area contributed by atoms with Crippen LogP contribution in [0.4, 0.5) is 0 Å². The lowest BCUT2D eigenvalue weighted by atomic mass is 9.84. The number of aliphatic hydroxyl groups excluding tert-OH is 2. The third kappa shape index (κ3) is 5.72. The second-order valence-corrected chi connectivity index (χ2v) is 13.4. The number of methoxy groups -OCH3 is 1. The number of fused-ring (bicyclic) bond motifs is 8. The SMILES string of the molecule is C=Cc1c(=CO)c2cc3nc(c4c5nc(cc6[nH]c(cc1[nH]2)c(C)c6CC)=C(C)C5=C(O)[C@@H]4C(=O)OC)[C@@H](CCC(=O)OCC=C(C)C)[C@@H]3C. The van der Waals surface area contributed by atoms with Crippen LogP contribution in [0.15, 0.2) is 42.2 Å². The molecule has 0 spiro atoms. The third-order valence-electron chi connectivity index (χ3n) is 10.2. The standard InChI is InChI=1S/C40H44N4O6/c1-9-23-20(5)27-15-31-24(10-2)26(18-45)32(42-31)16-28-21(6)25(11-12-33(46)50-14-13-19(3)4)37(43-28)35-36(40(48)49-8)39(47)34-22(7)29(44-38(34)35)17-30(23)41-27/h10,13,15-18,21,25,36,41-42,45,47H,2,9,11-12,14H2,1,3-8H3/t21-,25-,36+/m0/s1. The number of carbonyl (C=O) groups is 2. The van der Waals surface area contributed by atoms with E-state index >= 15 is 0 Å². The summed E-state index contributed by atoms with van der Waals surface area (Å²) in [6, 6.07) is 5.88. The zero-order chi connectivity index (χ0) is 36.0. The van der Waals surface area contributed by atoms with Crippen molar-refractivity contribution >= 4 is 57.5 Å². The average Bonchev–Trinajstić information content (AvgIpc) is 3.83. The van der Waals surface area contributed by atoms with Crippen LogP contribution in [0.5, 0.6) is 0 Å². The van der Waals surface area contributed by atoms with Gasteiger partial charge in [0.25, 0.3) is 0 Å². The van der Waals surface area contributed by atoms with Crippen LogP contribution >= 0.6 is 0 Å². The van der Waals surface area contributed by atoms with Crippen LogP contribution in [0.1, 0.15) is 105 Å². The van der Waals surface area contributed by atoms with Gasteiger partial charge in [-0.3, -0.25) is 14.6 Å². The molecule has 1 aliphatic carbocycles. The van der Waals surface area contributed by atoms with Crippen molar-refractivity contribution in [2.45, 2.75) is 78.6 Å². The minimum absolute atomic E-state index is 0.120. The van der Waals surface area contributed by atoms with Crippen LogP contribution in [0.2, 0.25) is 0 Å². The molecule has 0 saturated carbocycles. The van der Waals surface area contributed by atoms with Gasteiger partial charge in [0.15, 0.2) is 0 Å². The number of carbonyl (C=O) groups excluding carboxylic acids is 2. The van der Waals surface area contributed by atoms with E-state index in [1.165, 1.54) is 7.11 Å². The summed E-state index contributed by atoms with van der Waals surface area (Å²) >= 11 is 0. The molecule has 5 heterocycles. The van der Waals surface area contributed by atoms with Crippen LogP contribution in [0.25, 0.3) is 45.6 Å². The van der Waals surface area contributed by atoms with Gasteiger partial charge in [0.05, 0.1) is 35.6 Å². The molecule has 0 amide bonds. The van der Waals surface area contributed by atoms with Gasteiger partial charge in [0.2, 0.25) is 0 Å².